The molecule has 1 aliphatic heterocycles. The first kappa shape index (κ1) is 23.3. The van der Waals surface area contributed by atoms with E-state index in [0.717, 1.165) is 0 Å². The molecule has 0 bridgehead atoms. The van der Waals surface area contributed by atoms with Gasteiger partial charge < -0.3 is 29.0 Å². The number of rotatable bonds is 13. The summed E-state index contributed by atoms with van der Waals surface area (Å²) in [5.74, 6) is 0.212. The molecule has 12 heteroatoms. The Bertz CT molecular complexity index is 763. The van der Waals surface area contributed by atoms with E-state index in [1.807, 2.05) is 9.80 Å². The molecule has 0 radical (unpaired) electrons. The second-order valence-electron chi connectivity index (χ2n) is 6.28. The normalized spacial score (nSPS) is 13.4. The van der Waals surface area contributed by atoms with Crippen molar-refractivity contribution >= 4 is 25.1 Å². The Balaban J connectivity index is 2.01. The average molecular weight is 431 g/mol. The lowest BCUT2D eigenvalue weighted by Gasteiger charge is -2.26. The number of hydrogen-bond donors (Lipinski definition) is 2. The Kier molecular flexibility index (Phi) is 9.09. The molecule has 0 saturated heterocycles. The lowest BCUT2D eigenvalue weighted by atomic mass is 10.4. The molecule has 1 aromatic heterocycles. The zero-order valence-corrected chi connectivity index (χ0v) is 18.1. The van der Waals surface area contributed by atoms with Crippen molar-refractivity contribution in [2.45, 2.75) is 20.8 Å². The summed E-state index contributed by atoms with van der Waals surface area (Å²) in [5.41, 5.74) is 0.205. The van der Waals surface area contributed by atoms with Crippen LogP contribution < -0.4 is 15.8 Å². The van der Waals surface area contributed by atoms with Crippen LogP contribution in [0, 0.1) is 0 Å². The number of fused-ring (bicyclic) bond motifs is 1. The quantitative estimate of drug-likeness (QED) is 0.346. The zero-order valence-electron chi connectivity index (χ0n) is 17.2. The van der Waals surface area contributed by atoms with Crippen molar-refractivity contribution in [3.8, 4) is 0 Å². The number of H-pyrrole nitrogens is 1. The van der Waals surface area contributed by atoms with Crippen molar-refractivity contribution in [3.63, 3.8) is 0 Å². The largest absolute Gasteiger partial charge is 0.465 e. The number of carbonyl (C=O) groups is 1. The van der Waals surface area contributed by atoms with Gasteiger partial charge in [0.25, 0.3) is 5.56 Å². The van der Waals surface area contributed by atoms with Gasteiger partial charge in [0.2, 0.25) is 0 Å². The standard InChI is InChI=1S/C17H30N5O6P/c1-4-26-14(23)11-21(9-10-29(25,27-5-2)28-6-3)7-8-22-13-20-15-16(22)18-12-19-17(15)24/h12,20H,4-11,13H2,1-3H3,(H,18,19,24). The fraction of sp³-hybridized carbons (Fsp3) is 0.706. The van der Waals surface area contributed by atoms with Gasteiger partial charge in [0.15, 0.2) is 5.82 Å². The van der Waals surface area contributed by atoms with Crippen molar-refractivity contribution < 1.29 is 23.1 Å². The highest BCUT2D eigenvalue weighted by molar-refractivity contribution is 7.53. The predicted molar refractivity (Wildman–Crippen MR) is 109 cm³/mol. The number of nitrogens with one attached hydrogen (secondary N) is 2. The maximum atomic E-state index is 12.7. The van der Waals surface area contributed by atoms with Crippen LogP contribution >= 0.6 is 7.60 Å². The Morgan fingerprint density at radius 2 is 1.97 bits per heavy atom. The first-order chi connectivity index (χ1) is 13.9. The molecule has 2 rings (SSSR count). The fourth-order valence-corrected chi connectivity index (χ4v) is 4.62. The maximum absolute atomic E-state index is 12.7. The predicted octanol–water partition coefficient (Wildman–Crippen LogP) is 1.09. The number of aromatic nitrogens is 2. The zero-order chi connectivity index (χ0) is 21.3. The van der Waals surface area contributed by atoms with Crippen LogP contribution in [0.5, 0.6) is 0 Å². The highest BCUT2D eigenvalue weighted by Crippen LogP contribution is 2.47. The van der Waals surface area contributed by atoms with Crippen LogP contribution in [0.15, 0.2) is 11.1 Å². The number of carbonyl (C=O) groups excluding carboxylic acids is 1. The Hall–Kier alpha value is -1.94. The first-order valence-electron chi connectivity index (χ1n) is 9.75. The molecule has 0 unspecified atom stereocenters. The van der Waals surface area contributed by atoms with Gasteiger partial charge in [-0.2, -0.15) is 0 Å². The van der Waals surface area contributed by atoms with Crippen molar-refractivity contribution in [2.24, 2.45) is 0 Å². The van der Waals surface area contributed by atoms with E-state index in [2.05, 4.69) is 15.3 Å². The van der Waals surface area contributed by atoms with Gasteiger partial charge in [-0.3, -0.25) is 19.1 Å². The van der Waals surface area contributed by atoms with Gasteiger partial charge in [-0.05, 0) is 20.8 Å². The number of esters is 1. The lowest BCUT2D eigenvalue weighted by molar-refractivity contribution is -0.144. The van der Waals surface area contributed by atoms with E-state index in [4.69, 9.17) is 13.8 Å². The first-order valence-corrected chi connectivity index (χ1v) is 11.5. The van der Waals surface area contributed by atoms with Crippen LogP contribution in [0.2, 0.25) is 0 Å². The molecule has 0 aromatic carbocycles. The molecule has 0 spiro atoms. The molecule has 2 heterocycles. The molecule has 1 aromatic rings. The van der Waals surface area contributed by atoms with Crippen LogP contribution in [-0.4, -0.2) is 79.7 Å². The number of aromatic amines is 1. The molecule has 0 fully saturated rings. The summed E-state index contributed by atoms with van der Waals surface area (Å²) in [6.45, 7) is 7.96. The molecule has 0 aliphatic carbocycles. The number of hydrogen-bond acceptors (Lipinski definition) is 10. The van der Waals surface area contributed by atoms with Crippen molar-refractivity contribution in [1.82, 2.24) is 14.9 Å². The lowest BCUT2D eigenvalue weighted by Crippen LogP contribution is -2.40. The molecule has 1 aliphatic rings. The monoisotopic (exact) mass is 431 g/mol. The third kappa shape index (κ3) is 6.81. The molecule has 0 amide bonds. The van der Waals surface area contributed by atoms with Gasteiger partial charge >= 0.3 is 13.6 Å². The summed E-state index contributed by atoms with van der Waals surface area (Å²) in [7, 11) is -3.22. The molecule has 2 N–H and O–H groups in total. The average Bonchev–Trinajstić information content (AvgIpc) is 3.09. The third-order valence-corrected chi connectivity index (χ3v) is 6.32. The molecule has 164 valence electrons. The summed E-state index contributed by atoms with van der Waals surface area (Å²) in [4.78, 5) is 34.3. The van der Waals surface area contributed by atoms with Crippen molar-refractivity contribution in [1.29, 1.82) is 0 Å². The maximum Gasteiger partial charge on any atom is 0.331 e. The minimum atomic E-state index is -3.22. The van der Waals surface area contributed by atoms with Gasteiger partial charge in [-0.25, -0.2) is 4.98 Å². The van der Waals surface area contributed by atoms with E-state index < -0.39 is 7.60 Å². The Morgan fingerprint density at radius 3 is 2.62 bits per heavy atom. The summed E-state index contributed by atoms with van der Waals surface area (Å²) in [5, 5.41) is 3.02. The summed E-state index contributed by atoms with van der Waals surface area (Å²) in [6.07, 6.45) is 1.53. The summed E-state index contributed by atoms with van der Waals surface area (Å²) >= 11 is 0. The second kappa shape index (κ2) is 11.3. The summed E-state index contributed by atoms with van der Waals surface area (Å²) in [6, 6.07) is 0. The topological polar surface area (TPSA) is 126 Å². The SMILES string of the molecule is CCOC(=O)CN(CCN1CNc2c1nc[nH]c2=O)CCP(=O)(OCC)OCC. The number of anilines is 2. The van der Waals surface area contributed by atoms with Gasteiger partial charge in [0.1, 0.15) is 5.69 Å². The van der Waals surface area contributed by atoms with Gasteiger partial charge in [0.05, 0.1) is 45.5 Å². The Morgan fingerprint density at radius 1 is 1.24 bits per heavy atom. The Labute approximate surface area is 170 Å². The third-order valence-electron chi connectivity index (χ3n) is 4.27. The van der Waals surface area contributed by atoms with E-state index in [0.29, 0.717) is 44.4 Å². The minimum Gasteiger partial charge on any atom is -0.465 e. The molecular formula is C17H30N5O6P. The highest BCUT2D eigenvalue weighted by atomic mass is 31.2. The smallest absolute Gasteiger partial charge is 0.331 e. The van der Waals surface area contributed by atoms with Crippen LogP contribution in [0.3, 0.4) is 0 Å². The van der Waals surface area contributed by atoms with E-state index in [1.54, 1.807) is 20.8 Å². The van der Waals surface area contributed by atoms with Crippen molar-refractivity contribution in [3.05, 3.63) is 16.7 Å². The fourth-order valence-electron chi connectivity index (χ4n) is 2.97. The molecule has 29 heavy (non-hydrogen) atoms. The number of ether oxygens (including phenoxy) is 1. The van der Waals surface area contributed by atoms with Crippen LogP contribution in [0.25, 0.3) is 0 Å². The van der Waals surface area contributed by atoms with E-state index in [1.165, 1.54) is 6.33 Å². The van der Waals surface area contributed by atoms with Crippen LogP contribution in [0.1, 0.15) is 20.8 Å². The van der Waals surface area contributed by atoms with E-state index in [9.17, 15) is 14.2 Å². The minimum absolute atomic E-state index is 0.0585. The van der Waals surface area contributed by atoms with Crippen LogP contribution in [-0.2, 0) is 23.1 Å². The van der Waals surface area contributed by atoms with Gasteiger partial charge in [-0.15, -0.1) is 0 Å². The molecule has 11 nitrogen and oxygen atoms in total. The number of nitrogens with zero attached hydrogens (tertiary/aromatic N) is 3. The van der Waals surface area contributed by atoms with Gasteiger partial charge in [-0.1, -0.05) is 0 Å². The van der Waals surface area contributed by atoms with Crippen LogP contribution in [0.4, 0.5) is 11.5 Å². The molecule has 0 saturated carbocycles. The summed E-state index contributed by atoms with van der Waals surface area (Å²) < 4.78 is 28.4. The van der Waals surface area contributed by atoms with E-state index in [-0.39, 0.29) is 37.4 Å². The van der Waals surface area contributed by atoms with Gasteiger partial charge in [0, 0.05) is 19.6 Å². The van der Waals surface area contributed by atoms with Crippen molar-refractivity contribution in [2.75, 3.05) is 69.0 Å². The molecular weight excluding hydrogens is 401 g/mol. The highest BCUT2D eigenvalue weighted by Gasteiger charge is 2.27. The van der Waals surface area contributed by atoms with E-state index >= 15 is 0 Å². The molecule has 0 atom stereocenters. The second-order valence-corrected chi connectivity index (χ2v) is 8.47.